The van der Waals surface area contributed by atoms with Gasteiger partial charge in [0.05, 0.1) is 18.2 Å². The topological polar surface area (TPSA) is 60.3 Å². The van der Waals surface area contributed by atoms with Crippen LogP contribution in [0.15, 0.2) is 77.6 Å². The number of hydrogen-bond donors (Lipinski definition) is 1. The molecule has 0 fully saturated rings. The van der Waals surface area contributed by atoms with Gasteiger partial charge in [0, 0.05) is 18.0 Å². The third kappa shape index (κ3) is 3.35. The minimum atomic E-state index is -0.256. The number of methoxy groups -OCH3 is 1. The van der Waals surface area contributed by atoms with Crippen LogP contribution in [-0.2, 0) is 7.05 Å². The molecule has 0 saturated carbocycles. The number of fused-ring (bicyclic) bond motifs is 1. The van der Waals surface area contributed by atoms with Crippen LogP contribution in [0.4, 0.5) is 5.82 Å². The van der Waals surface area contributed by atoms with Crippen LogP contribution in [0, 0.1) is 6.92 Å². The number of nitrogens with zero attached hydrogens (tertiary/aromatic N) is 1. The molecule has 5 nitrogen and oxygen atoms in total. The fraction of sp³-hybridized carbons (Fsp3) is 0.120. The Balaban J connectivity index is 1.94. The van der Waals surface area contributed by atoms with Crippen LogP contribution in [0.25, 0.3) is 22.0 Å². The predicted octanol–water partition coefficient (Wildman–Crippen LogP) is 4.77. The molecule has 0 bridgehead atoms. The van der Waals surface area contributed by atoms with Gasteiger partial charge < -0.3 is 14.6 Å². The van der Waals surface area contributed by atoms with E-state index in [9.17, 15) is 9.59 Å². The summed E-state index contributed by atoms with van der Waals surface area (Å²) in [5.74, 6) is 0.895. The van der Waals surface area contributed by atoms with Gasteiger partial charge in [-0.2, -0.15) is 0 Å². The van der Waals surface area contributed by atoms with Gasteiger partial charge in [-0.1, -0.05) is 42.5 Å². The summed E-state index contributed by atoms with van der Waals surface area (Å²) in [6.07, 6.45) is 0. The van der Waals surface area contributed by atoms with Crippen LogP contribution in [0.3, 0.4) is 0 Å². The van der Waals surface area contributed by atoms with E-state index in [-0.39, 0.29) is 11.3 Å². The molecular weight excluding hydrogens is 376 g/mol. The number of anilines is 1. The van der Waals surface area contributed by atoms with Gasteiger partial charge in [-0.3, -0.25) is 9.59 Å². The van der Waals surface area contributed by atoms with Crippen LogP contribution in [0.1, 0.15) is 15.9 Å². The van der Waals surface area contributed by atoms with Gasteiger partial charge in [0.15, 0.2) is 5.43 Å². The van der Waals surface area contributed by atoms with Gasteiger partial charge in [0.1, 0.15) is 11.6 Å². The third-order valence-electron chi connectivity index (χ3n) is 5.31. The number of benzene rings is 3. The molecule has 1 N–H and O–H groups in total. The molecule has 4 rings (SSSR count). The summed E-state index contributed by atoms with van der Waals surface area (Å²) in [5, 5.41) is 3.59. The number of aryl methyl sites for hydroxylation is 2. The van der Waals surface area contributed by atoms with Crippen LogP contribution < -0.4 is 15.5 Å². The first-order valence-electron chi connectivity index (χ1n) is 9.64. The molecule has 0 aliphatic heterocycles. The SMILES string of the molecule is COc1ccc(-c2c(NC(=O)c3ccccc3C)n(C)c3ccccc3c2=O)cc1. The van der Waals surface area contributed by atoms with Gasteiger partial charge >= 0.3 is 0 Å². The van der Waals surface area contributed by atoms with Crippen LogP contribution in [0.5, 0.6) is 5.75 Å². The normalized spacial score (nSPS) is 10.8. The van der Waals surface area contributed by atoms with Crippen molar-refractivity contribution in [2.75, 3.05) is 12.4 Å². The Morgan fingerprint density at radius 2 is 1.60 bits per heavy atom. The highest BCUT2D eigenvalue weighted by Gasteiger charge is 2.20. The lowest BCUT2D eigenvalue weighted by atomic mass is 10.0. The molecule has 0 aliphatic rings. The highest BCUT2D eigenvalue weighted by atomic mass is 16.5. The summed E-state index contributed by atoms with van der Waals surface area (Å²) in [6.45, 7) is 1.89. The van der Waals surface area contributed by atoms with Crippen molar-refractivity contribution >= 4 is 22.6 Å². The van der Waals surface area contributed by atoms with Gasteiger partial charge in [-0.25, -0.2) is 0 Å². The van der Waals surface area contributed by atoms with E-state index in [0.717, 1.165) is 11.1 Å². The van der Waals surface area contributed by atoms with Crippen molar-refractivity contribution in [1.29, 1.82) is 0 Å². The molecule has 3 aromatic carbocycles. The first kappa shape index (κ1) is 19.5. The van der Waals surface area contributed by atoms with Crippen molar-refractivity contribution in [1.82, 2.24) is 4.57 Å². The summed E-state index contributed by atoms with van der Waals surface area (Å²) in [7, 11) is 3.44. The minimum absolute atomic E-state index is 0.131. The zero-order chi connectivity index (χ0) is 21.3. The van der Waals surface area contributed by atoms with Crippen molar-refractivity contribution in [2.45, 2.75) is 6.92 Å². The Morgan fingerprint density at radius 3 is 2.30 bits per heavy atom. The second-order valence-corrected chi connectivity index (χ2v) is 7.13. The van der Waals surface area contributed by atoms with Crippen LogP contribution >= 0.6 is 0 Å². The maximum absolute atomic E-state index is 13.4. The summed E-state index contributed by atoms with van der Waals surface area (Å²) < 4.78 is 7.10. The van der Waals surface area contributed by atoms with E-state index in [1.54, 1.807) is 31.4 Å². The molecule has 0 saturated heterocycles. The number of aromatic nitrogens is 1. The van der Waals surface area contributed by atoms with E-state index in [1.165, 1.54) is 0 Å². The molecule has 30 heavy (non-hydrogen) atoms. The maximum atomic E-state index is 13.4. The van der Waals surface area contributed by atoms with E-state index in [0.29, 0.717) is 33.6 Å². The lowest BCUT2D eigenvalue weighted by Gasteiger charge is -2.19. The number of amides is 1. The lowest BCUT2D eigenvalue weighted by molar-refractivity contribution is 0.102. The van der Waals surface area contributed by atoms with E-state index in [4.69, 9.17) is 4.74 Å². The van der Waals surface area contributed by atoms with Gasteiger partial charge in [-0.05, 0) is 48.4 Å². The summed E-state index contributed by atoms with van der Waals surface area (Å²) >= 11 is 0. The van der Waals surface area contributed by atoms with Crippen molar-refractivity contribution in [2.24, 2.45) is 7.05 Å². The van der Waals surface area contributed by atoms with Crippen molar-refractivity contribution in [3.63, 3.8) is 0 Å². The third-order valence-corrected chi connectivity index (χ3v) is 5.31. The van der Waals surface area contributed by atoms with Crippen molar-refractivity contribution in [3.8, 4) is 16.9 Å². The highest BCUT2D eigenvalue weighted by Crippen LogP contribution is 2.30. The first-order valence-corrected chi connectivity index (χ1v) is 9.64. The molecule has 0 aliphatic carbocycles. The maximum Gasteiger partial charge on any atom is 0.257 e. The number of carbonyl (C=O) groups excluding carboxylic acids is 1. The molecule has 0 atom stereocenters. The fourth-order valence-corrected chi connectivity index (χ4v) is 3.66. The van der Waals surface area contributed by atoms with Crippen LogP contribution in [0.2, 0.25) is 0 Å². The number of rotatable bonds is 4. The fourth-order valence-electron chi connectivity index (χ4n) is 3.66. The van der Waals surface area contributed by atoms with Gasteiger partial charge in [0.25, 0.3) is 5.91 Å². The van der Waals surface area contributed by atoms with E-state index in [1.807, 2.05) is 67.1 Å². The lowest BCUT2D eigenvalue weighted by Crippen LogP contribution is -2.22. The number of hydrogen-bond acceptors (Lipinski definition) is 3. The second kappa shape index (κ2) is 7.87. The Labute approximate surface area is 174 Å². The van der Waals surface area contributed by atoms with Crippen LogP contribution in [-0.4, -0.2) is 17.6 Å². The standard InChI is InChI=1S/C25H22N2O3/c1-16-8-4-5-9-19(16)25(29)26-24-22(17-12-14-18(30-3)15-13-17)23(28)20-10-6-7-11-21(20)27(24)2/h4-15H,1-3H3,(H,26,29). The number of ether oxygens (including phenoxy) is 1. The molecule has 0 unspecified atom stereocenters. The predicted molar refractivity (Wildman–Crippen MR) is 120 cm³/mol. The second-order valence-electron chi connectivity index (χ2n) is 7.13. The highest BCUT2D eigenvalue weighted by molar-refractivity contribution is 6.07. The molecule has 1 heterocycles. The molecule has 1 amide bonds. The number of nitrogens with one attached hydrogen (secondary N) is 1. The average molecular weight is 398 g/mol. The monoisotopic (exact) mass is 398 g/mol. The molecule has 1 aromatic heterocycles. The smallest absolute Gasteiger partial charge is 0.257 e. The average Bonchev–Trinajstić information content (AvgIpc) is 2.78. The minimum Gasteiger partial charge on any atom is -0.497 e. The molecule has 0 radical (unpaired) electrons. The Morgan fingerprint density at radius 1 is 0.933 bits per heavy atom. The quantitative estimate of drug-likeness (QED) is 0.538. The first-order chi connectivity index (χ1) is 14.5. The largest absolute Gasteiger partial charge is 0.497 e. The summed E-state index contributed by atoms with van der Waals surface area (Å²) in [4.78, 5) is 26.5. The van der Waals surface area contributed by atoms with Crippen molar-refractivity contribution < 1.29 is 9.53 Å². The molecule has 4 aromatic rings. The molecule has 0 spiro atoms. The Bertz CT molecular complexity index is 1300. The Kier molecular flexibility index (Phi) is 5.11. The van der Waals surface area contributed by atoms with Crippen molar-refractivity contribution in [3.05, 3.63) is 94.1 Å². The van der Waals surface area contributed by atoms with E-state index in [2.05, 4.69) is 5.32 Å². The van der Waals surface area contributed by atoms with Gasteiger partial charge in [0.2, 0.25) is 0 Å². The number of carbonyl (C=O) groups is 1. The number of para-hydroxylation sites is 1. The zero-order valence-corrected chi connectivity index (χ0v) is 17.1. The molecule has 150 valence electrons. The summed E-state index contributed by atoms with van der Waals surface area (Å²) in [5.41, 5.74) is 3.21. The Hall–Kier alpha value is -3.86. The zero-order valence-electron chi connectivity index (χ0n) is 17.1. The van der Waals surface area contributed by atoms with E-state index < -0.39 is 0 Å². The number of pyridine rings is 1. The molecule has 5 heteroatoms. The molecular formula is C25H22N2O3. The van der Waals surface area contributed by atoms with Gasteiger partial charge in [-0.15, -0.1) is 0 Å². The summed E-state index contributed by atoms with van der Waals surface area (Å²) in [6, 6.07) is 22.0. The van der Waals surface area contributed by atoms with E-state index >= 15 is 0 Å².